The van der Waals surface area contributed by atoms with Crippen molar-refractivity contribution in [3.05, 3.63) is 35.9 Å². The van der Waals surface area contributed by atoms with Crippen molar-refractivity contribution in [2.45, 2.75) is 89.5 Å². The van der Waals surface area contributed by atoms with E-state index in [9.17, 15) is 49.0 Å². The first-order chi connectivity index (χ1) is 23.0. The van der Waals surface area contributed by atoms with Gasteiger partial charge in [-0.1, -0.05) is 44.2 Å². The van der Waals surface area contributed by atoms with E-state index in [0.29, 0.717) is 0 Å². The fourth-order valence-corrected chi connectivity index (χ4v) is 4.60. The molecular weight excluding hydrogens is 643 g/mol. The highest BCUT2D eigenvalue weighted by Crippen LogP contribution is 2.09. The maximum atomic E-state index is 12.9. The smallest absolute Gasteiger partial charge is 0.475 e. The normalized spacial score (nSPS) is 13.9. The van der Waals surface area contributed by atoms with Crippen LogP contribution < -0.4 is 38.1 Å². The number of carbonyl (C=O) groups is 6. The molecule has 18 nitrogen and oxygen atoms in total. The Bertz CT molecular complexity index is 1280. The predicted octanol–water partition coefficient (Wildman–Crippen LogP) is -3.36. The third-order valence-electron chi connectivity index (χ3n) is 7.02. The summed E-state index contributed by atoms with van der Waals surface area (Å²) in [6, 6.07) is 5.09. The van der Waals surface area contributed by atoms with Crippen LogP contribution in [0.5, 0.6) is 0 Å². The molecule has 0 unspecified atom stereocenters. The number of aliphatic imine (C=N–C) groups is 1. The van der Waals surface area contributed by atoms with Crippen molar-refractivity contribution in [3.8, 4) is 0 Å². The molecule has 1 aromatic carbocycles. The molecule has 0 spiro atoms. The number of nitrogens with two attached hydrogens (primary N) is 2. The molecule has 0 fully saturated rings. The number of guanidine groups is 1. The van der Waals surface area contributed by atoms with Crippen molar-refractivity contribution in [2.24, 2.45) is 22.4 Å². The summed E-state index contributed by atoms with van der Waals surface area (Å²) >= 11 is 0. The highest BCUT2D eigenvalue weighted by atomic mass is 16.4. The Morgan fingerprint density at radius 1 is 0.857 bits per heavy atom. The first-order valence-electron chi connectivity index (χ1n) is 15.8. The Balaban J connectivity index is 2.75. The third kappa shape index (κ3) is 17.8. The van der Waals surface area contributed by atoms with Crippen molar-refractivity contribution in [2.75, 3.05) is 13.1 Å². The zero-order valence-corrected chi connectivity index (χ0v) is 27.9. The van der Waals surface area contributed by atoms with E-state index >= 15 is 0 Å². The van der Waals surface area contributed by atoms with Gasteiger partial charge in [0.25, 0.3) is 0 Å². The van der Waals surface area contributed by atoms with Gasteiger partial charge in [-0.15, -0.1) is 0 Å². The lowest BCUT2D eigenvalue weighted by atomic mass is 9.75. The predicted molar refractivity (Wildman–Crippen MR) is 179 cm³/mol. The van der Waals surface area contributed by atoms with Crippen LogP contribution in [0.1, 0.15) is 58.4 Å². The van der Waals surface area contributed by atoms with Crippen LogP contribution in [0.3, 0.4) is 0 Å². The van der Waals surface area contributed by atoms with E-state index in [1.54, 1.807) is 44.2 Å². The molecule has 19 heteroatoms. The van der Waals surface area contributed by atoms with E-state index in [1.165, 1.54) is 6.92 Å². The molecule has 0 saturated heterocycles. The number of hydrogen-bond acceptors (Lipinski definition) is 10. The van der Waals surface area contributed by atoms with Gasteiger partial charge in [-0.3, -0.25) is 29.0 Å². The Labute approximate surface area is 285 Å². The fourth-order valence-electron chi connectivity index (χ4n) is 4.60. The quantitative estimate of drug-likeness (QED) is 0.0246. The third-order valence-corrected chi connectivity index (χ3v) is 7.02. The van der Waals surface area contributed by atoms with Crippen LogP contribution in [0, 0.1) is 5.92 Å². The Morgan fingerprint density at radius 3 is 2.02 bits per heavy atom. The molecule has 0 heterocycles. The molecule has 0 aliphatic carbocycles. The molecule has 5 amide bonds. The monoisotopic (exact) mass is 692 g/mol. The molecule has 1 aromatic rings. The molecule has 0 saturated carbocycles. The average molecular weight is 693 g/mol. The molecule has 49 heavy (non-hydrogen) atoms. The van der Waals surface area contributed by atoms with E-state index in [-0.39, 0.29) is 57.1 Å². The molecule has 0 aliphatic heterocycles. The summed E-state index contributed by atoms with van der Waals surface area (Å²) in [6.45, 7) is 4.69. The van der Waals surface area contributed by atoms with E-state index in [2.05, 4.69) is 31.6 Å². The van der Waals surface area contributed by atoms with Gasteiger partial charge in [-0.05, 0) is 43.6 Å². The SMILES string of the molecule is CC(=O)N[C@@H](CCNC(=O)C[C@H](O)C(=O)N[C@@H](CC(C)C)C(=O)N[C@@H](CCCN=C(N)N)C(=O)O)C(=O)N[C@@H](Cc1ccccc1)B(O)O. The number of aliphatic hydroxyl groups excluding tert-OH is 1. The number of nitrogens with zero attached hydrogens (tertiary/aromatic N) is 1. The molecule has 0 aliphatic rings. The summed E-state index contributed by atoms with van der Waals surface area (Å²) in [7, 11) is -1.90. The van der Waals surface area contributed by atoms with Gasteiger partial charge in [-0.25, -0.2) is 4.79 Å². The van der Waals surface area contributed by atoms with Crippen molar-refractivity contribution in [1.29, 1.82) is 0 Å². The van der Waals surface area contributed by atoms with E-state index < -0.39 is 79.2 Å². The fraction of sp³-hybridized carbons (Fsp3) is 0.567. The Hall–Kier alpha value is -4.75. The number of rotatable bonds is 22. The number of nitrogens with one attached hydrogen (secondary N) is 5. The number of amides is 5. The number of carboxylic acid groups (broad SMARTS) is 1. The number of carbonyl (C=O) groups excluding carboxylic acids is 5. The van der Waals surface area contributed by atoms with Crippen LogP contribution in [0.25, 0.3) is 0 Å². The minimum absolute atomic E-state index is 0.00506. The first kappa shape index (κ1) is 42.3. The molecule has 5 atom stereocenters. The summed E-state index contributed by atoms with van der Waals surface area (Å²) in [6.07, 6.45) is -2.26. The Kier molecular flexibility index (Phi) is 19.0. The second kappa shape index (κ2) is 22.0. The van der Waals surface area contributed by atoms with Crippen LogP contribution in [-0.2, 0) is 35.2 Å². The van der Waals surface area contributed by atoms with Gasteiger partial charge in [0.2, 0.25) is 29.5 Å². The van der Waals surface area contributed by atoms with Crippen LogP contribution in [0.4, 0.5) is 0 Å². The minimum atomic E-state index is -1.90. The molecule has 13 N–H and O–H groups in total. The Morgan fingerprint density at radius 2 is 1.47 bits per heavy atom. The maximum Gasteiger partial charge on any atom is 0.475 e. The topological polar surface area (TPSA) is 308 Å². The van der Waals surface area contributed by atoms with Crippen LogP contribution in [0.15, 0.2) is 35.3 Å². The lowest BCUT2D eigenvalue weighted by Gasteiger charge is -2.24. The van der Waals surface area contributed by atoms with Crippen LogP contribution >= 0.6 is 0 Å². The van der Waals surface area contributed by atoms with Crippen LogP contribution in [-0.4, -0.2) is 112 Å². The highest BCUT2D eigenvalue weighted by molar-refractivity contribution is 6.43. The van der Waals surface area contributed by atoms with Crippen molar-refractivity contribution in [3.63, 3.8) is 0 Å². The number of aliphatic carboxylic acids is 1. The van der Waals surface area contributed by atoms with Gasteiger partial charge < -0.3 is 58.3 Å². The summed E-state index contributed by atoms with van der Waals surface area (Å²) < 4.78 is 0. The van der Waals surface area contributed by atoms with E-state index in [1.807, 2.05) is 0 Å². The highest BCUT2D eigenvalue weighted by Gasteiger charge is 2.31. The number of carboxylic acids is 1. The average Bonchev–Trinajstić information content (AvgIpc) is 3.00. The lowest BCUT2D eigenvalue weighted by molar-refractivity contribution is -0.143. The first-order valence-corrected chi connectivity index (χ1v) is 15.8. The maximum absolute atomic E-state index is 12.9. The van der Waals surface area contributed by atoms with Crippen molar-refractivity contribution >= 4 is 48.6 Å². The molecule has 0 radical (unpaired) electrons. The van der Waals surface area contributed by atoms with Gasteiger partial charge in [0, 0.05) is 20.0 Å². The van der Waals surface area contributed by atoms with Gasteiger partial charge in [-0.2, -0.15) is 0 Å². The summed E-state index contributed by atoms with van der Waals surface area (Å²) in [5.74, 6) is -6.59. The van der Waals surface area contributed by atoms with Gasteiger partial charge in [0.1, 0.15) is 24.2 Å². The van der Waals surface area contributed by atoms with Gasteiger partial charge in [0.05, 0.1) is 12.4 Å². The van der Waals surface area contributed by atoms with Gasteiger partial charge >= 0.3 is 13.1 Å². The molecule has 0 aromatic heterocycles. The summed E-state index contributed by atoms with van der Waals surface area (Å²) in [5.41, 5.74) is 11.2. The summed E-state index contributed by atoms with van der Waals surface area (Å²) in [5, 5.41) is 51.6. The van der Waals surface area contributed by atoms with Crippen LogP contribution in [0.2, 0.25) is 0 Å². The van der Waals surface area contributed by atoms with Crippen molar-refractivity contribution in [1.82, 2.24) is 26.6 Å². The van der Waals surface area contributed by atoms with E-state index in [0.717, 1.165) is 5.56 Å². The largest absolute Gasteiger partial charge is 0.480 e. The number of aliphatic hydroxyl groups is 1. The summed E-state index contributed by atoms with van der Waals surface area (Å²) in [4.78, 5) is 78.3. The molecular formula is C30H49BN8O10. The molecule has 1 rings (SSSR count). The molecule has 0 bridgehead atoms. The number of hydrogen-bond donors (Lipinski definition) is 11. The molecule has 272 valence electrons. The van der Waals surface area contributed by atoms with Gasteiger partial charge in [0.15, 0.2) is 5.96 Å². The lowest BCUT2D eigenvalue weighted by Crippen LogP contribution is -2.55. The zero-order valence-electron chi connectivity index (χ0n) is 27.9. The zero-order chi connectivity index (χ0) is 37.1. The minimum Gasteiger partial charge on any atom is -0.480 e. The standard InChI is InChI=1S/C30H49BN8O10/c1-17(2)14-22(27(44)37-21(29(46)47)10-7-12-35-30(32)33)38-28(45)23(41)16-25(42)34-13-11-20(36-18(3)40)26(43)39-24(31(48)49)15-19-8-5-4-6-9-19/h4-6,8-9,17,20-24,41,48-49H,7,10-16H2,1-3H3,(H,34,42)(H,36,40)(H,37,44)(H,38,45)(H,39,43)(H,46,47)(H4,32,33,35)/t20-,21-,22-,23-,24-/m0/s1. The van der Waals surface area contributed by atoms with E-state index in [4.69, 9.17) is 11.5 Å². The second-order valence-corrected chi connectivity index (χ2v) is 11.9. The van der Waals surface area contributed by atoms with Crippen molar-refractivity contribution < 1.29 is 49.0 Å². The second-order valence-electron chi connectivity index (χ2n) is 11.9. The number of benzene rings is 1.